The zero-order valence-electron chi connectivity index (χ0n) is 14.7. The molecule has 1 aliphatic rings. The van der Waals surface area contributed by atoms with E-state index in [1.165, 1.54) is 0 Å². The molecule has 0 amide bonds. The van der Waals surface area contributed by atoms with E-state index in [0.29, 0.717) is 5.92 Å². The van der Waals surface area contributed by atoms with Gasteiger partial charge in [-0.3, -0.25) is 4.99 Å². The van der Waals surface area contributed by atoms with E-state index >= 15 is 0 Å². The first-order chi connectivity index (χ1) is 10.5. The number of nitrogens with zero attached hydrogens (tertiary/aromatic N) is 1. The molecule has 3 N–H and O–H groups in total. The van der Waals surface area contributed by atoms with E-state index in [0.717, 1.165) is 64.9 Å². The summed E-state index contributed by atoms with van der Waals surface area (Å²) in [5.74, 6) is 1.44. The normalized spacial score (nSPS) is 19.5. The fourth-order valence-electron chi connectivity index (χ4n) is 2.18. The van der Waals surface area contributed by atoms with Crippen molar-refractivity contribution in [1.29, 1.82) is 0 Å². The van der Waals surface area contributed by atoms with Gasteiger partial charge in [0, 0.05) is 51.4 Å². The van der Waals surface area contributed by atoms with Crippen LogP contribution in [0.2, 0.25) is 0 Å². The van der Waals surface area contributed by atoms with Crippen molar-refractivity contribution in [3.63, 3.8) is 0 Å². The summed E-state index contributed by atoms with van der Waals surface area (Å²) in [4.78, 5) is 4.21. The SMILES string of the molecule is CN=C(NCCCOCC1CCOC1)NCCNC(C)(C)C. The highest BCUT2D eigenvalue weighted by molar-refractivity contribution is 5.79. The van der Waals surface area contributed by atoms with Gasteiger partial charge in [0.1, 0.15) is 0 Å². The maximum Gasteiger partial charge on any atom is 0.191 e. The van der Waals surface area contributed by atoms with E-state index in [1.807, 2.05) is 0 Å². The maximum absolute atomic E-state index is 5.68. The molecule has 6 heteroatoms. The molecule has 1 rings (SSSR count). The van der Waals surface area contributed by atoms with Crippen molar-refractivity contribution in [2.45, 2.75) is 39.2 Å². The van der Waals surface area contributed by atoms with Crippen molar-refractivity contribution in [2.75, 3.05) is 53.1 Å². The van der Waals surface area contributed by atoms with Crippen LogP contribution >= 0.6 is 0 Å². The van der Waals surface area contributed by atoms with Crippen LogP contribution < -0.4 is 16.0 Å². The Hall–Kier alpha value is -0.850. The minimum Gasteiger partial charge on any atom is -0.381 e. The summed E-state index contributed by atoms with van der Waals surface area (Å²) in [5, 5.41) is 10.0. The summed E-state index contributed by atoms with van der Waals surface area (Å²) in [5.41, 5.74) is 0.153. The van der Waals surface area contributed by atoms with E-state index in [9.17, 15) is 0 Å². The Balaban J connectivity index is 1.94. The van der Waals surface area contributed by atoms with Gasteiger partial charge in [0.25, 0.3) is 0 Å². The molecular weight excluding hydrogens is 280 g/mol. The zero-order valence-corrected chi connectivity index (χ0v) is 14.7. The van der Waals surface area contributed by atoms with Gasteiger partial charge in [-0.1, -0.05) is 0 Å². The third-order valence-corrected chi connectivity index (χ3v) is 3.43. The average molecular weight is 314 g/mol. The molecule has 1 fully saturated rings. The predicted octanol–water partition coefficient (Wildman–Crippen LogP) is 0.983. The molecule has 130 valence electrons. The van der Waals surface area contributed by atoms with Gasteiger partial charge in [-0.25, -0.2) is 0 Å². The highest BCUT2D eigenvalue weighted by Crippen LogP contribution is 2.12. The lowest BCUT2D eigenvalue weighted by atomic mass is 10.1. The smallest absolute Gasteiger partial charge is 0.191 e. The second kappa shape index (κ2) is 10.8. The van der Waals surface area contributed by atoms with Gasteiger partial charge in [0.2, 0.25) is 0 Å². The predicted molar refractivity (Wildman–Crippen MR) is 91.5 cm³/mol. The summed E-state index contributed by atoms with van der Waals surface area (Å²) >= 11 is 0. The summed E-state index contributed by atoms with van der Waals surface area (Å²) in [6, 6.07) is 0. The molecule has 1 heterocycles. The van der Waals surface area contributed by atoms with Crippen LogP contribution in [0.4, 0.5) is 0 Å². The minimum atomic E-state index is 0.153. The van der Waals surface area contributed by atoms with Gasteiger partial charge in [-0.05, 0) is 33.6 Å². The molecule has 1 saturated heterocycles. The van der Waals surface area contributed by atoms with Crippen molar-refractivity contribution in [3.8, 4) is 0 Å². The zero-order chi connectivity index (χ0) is 16.3. The van der Waals surface area contributed by atoms with Crippen LogP contribution in [0.15, 0.2) is 4.99 Å². The molecule has 1 atom stereocenters. The van der Waals surface area contributed by atoms with Crippen LogP contribution in [0.5, 0.6) is 0 Å². The van der Waals surface area contributed by atoms with Crippen molar-refractivity contribution in [1.82, 2.24) is 16.0 Å². The highest BCUT2D eigenvalue weighted by atomic mass is 16.5. The highest BCUT2D eigenvalue weighted by Gasteiger charge is 2.15. The van der Waals surface area contributed by atoms with Gasteiger partial charge in [0.15, 0.2) is 5.96 Å². The number of hydrogen-bond donors (Lipinski definition) is 3. The van der Waals surface area contributed by atoms with Gasteiger partial charge in [-0.15, -0.1) is 0 Å². The fraction of sp³-hybridized carbons (Fsp3) is 0.938. The monoisotopic (exact) mass is 314 g/mol. The molecule has 22 heavy (non-hydrogen) atoms. The molecule has 0 aromatic carbocycles. The molecule has 0 aromatic heterocycles. The van der Waals surface area contributed by atoms with Gasteiger partial charge >= 0.3 is 0 Å². The number of hydrogen-bond acceptors (Lipinski definition) is 4. The molecule has 0 aromatic rings. The van der Waals surface area contributed by atoms with Crippen molar-refractivity contribution >= 4 is 5.96 Å². The molecule has 0 saturated carbocycles. The Labute approximate surface area is 135 Å². The van der Waals surface area contributed by atoms with Crippen LogP contribution in [-0.4, -0.2) is 64.6 Å². The Kier molecular flexibility index (Phi) is 9.43. The summed E-state index contributed by atoms with van der Waals surface area (Å²) in [7, 11) is 1.79. The van der Waals surface area contributed by atoms with Crippen LogP contribution in [-0.2, 0) is 9.47 Å². The van der Waals surface area contributed by atoms with Crippen LogP contribution in [0, 0.1) is 5.92 Å². The molecule has 1 unspecified atom stereocenters. The summed E-state index contributed by atoms with van der Waals surface area (Å²) < 4.78 is 11.0. The molecule has 6 nitrogen and oxygen atoms in total. The summed E-state index contributed by atoms with van der Waals surface area (Å²) in [6.45, 7) is 12.5. The molecular formula is C16H34N4O2. The van der Waals surface area contributed by atoms with Crippen LogP contribution in [0.1, 0.15) is 33.6 Å². The second-order valence-electron chi connectivity index (χ2n) is 6.76. The first-order valence-corrected chi connectivity index (χ1v) is 8.36. The lowest BCUT2D eigenvalue weighted by Gasteiger charge is -2.21. The van der Waals surface area contributed by atoms with Gasteiger partial charge in [0.05, 0.1) is 13.2 Å². The Morgan fingerprint density at radius 3 is 2.64 bits per heavy atom. The lowest BCUT2D eigenvalue weighted by molar-refractivity contribution is 0.0888. The topological polar surface area (TPSA) is 66.9 Å². The van der Waals surface area contributed by atoms with Crippen molar-refractivity contribution < 1.29 is 9.47 Å². The molecule has 0 spiro atoms. The molecule has 0 aliphatic carbocycles. The number of nitrogens with one attached hydrogen (secondary N) is 3. The second-order valence-corrected chi connectivity index (χ2v) is 6.76. The van der Waals surface area contributed by atoms with Gasteiger partial charge < -0.3 is 25.4 Å². The number of aliphatic imine (C=N–C) groups is 1. The third-order valence-electron chi connectivity index (χ3n) is 3.43. The van der Waals surface area contributed by atoms with E-state index in [1.54, 1.807) is 7.05 Å². The minimum absolute atomic E-state index is 0.153. The molecule has 0 bridgehead atoms. The third kappa shape index (κ3) is 9.97. The Bertz CT molecular complexity index is 310. The molecule has 0 radical (unpaired) electrons. The quantitative estimate of drug-likeness (QED) is 0.336. The van der Waals surface area contributed by atoms with Crippen molar-refractivity contribution in [2.24, 2.45) is 10.9 Å². The average Bonchev–Trinajstić information content (AvgIpc) is 2.97. The van der Waals surface area contributed by atoms with Crippen LogP contribution in [0.3, 0.4) is 0 Å². The van der Waals surface area contributed by atoms with E-state index in [2.05, 4.69) is 41.7 Å². The van der Waals surface area contributed by atoms with E-state index in [-0.39, 0.29) is 5.54 Å². The van der Waals surface area contributed by atoms with Crippen molar-refractivity contribution in [3.05, 3.63) is 0 Å². The lowest BCUT2D eigenvalue weighted by Crippen LogP contribution is -2.44. The Morgan fingerprint density at radius 1 is 1.23 bits per heavy atom. The number of ether oxygens (including phenoxy) is 2. The summed E-state index contributed by atoms with van der Waals surface area (Å²) in [6.07, 6.45) is 2.12. The first-order valence-electron chi connectivity index (χ1n) is 8.36. The largest absolute Gasteiger partial charge is 0.381 e. The maximum atomic E-state index is 5.68. The molecule has 1 aliphatic heterocycles. The van der Waals surface area contributed by atoms with Crippen LogP contribution in [0.25, 0.3) is 0 Å². The number of guanidine groups is 1. The van der Waals surface area contributed by atoms with E-state index in [4.69, 9.17) is 9.47 Å². The van der Waals surface area contributed by atoms with Gasteiger partial charge in [-0.2, -0.15) is 0 Å². The first kappa shape index (κ1) is 19.2. The Morgan fingerprint density at radius 2 is 2.00 bits per heavy atom. The van der Waals surface area contributed by atoms with E-state index < -0.39 is 0 Å². The number of rotatable bonds is 9. The fourth-order valence-corrected chi connectivity index (χ4v) is 2.18. The standard InChI is InChI=1S/C16H34N4O2/c1-16(2,3)20-9-8-19-15(17-4)18-7-5-10-21-12-14-6-11-22-13-14/h14,20H,5-13H2,1-4H3,(H2,17,18,19).